The molecule has 0 spiro atoms. The Hall–Kier alpha value is -0.680. The van der Waals surface area contributed by atoms with Crippen molar-refractivity contribution in [3.05, 3.63) is 5.82 Å². The van der Waals surface area contributed by atoms with Gasteiger partial charge in [-0.3, -0.25) is 0 Å². The second kappa shape index (κ2) is 6.15. The Morgan fingerprint density at radius 1 is 1.56 bits per heavy atom. The summed E-state index contributed by atoms with van der Waals surface area (Å²) in [5, 5.41) is 7.80. The quantitative estimate of drug-likeness (QED) is 0.825. The number of anilines is 1. The van der Waals surface area contributed by atoms with Gasteiger partial charge in [0, 0.05) is 24.5 Å². The maximum Gasteiger partial charge on any atom is 0.202 e. The summed E-state index contributed by atoms with van der Waals surface area (Å²) in [6.45, 7) is 5.49. The van der Waals surface area contributed by atoms with E-state index in [4.69, 9.17) is 0 Å². The van der Waals surface area contributed by atoms with Gasteiger partial charge in [0.15, 0.2) is 0 Å². The predicted molar refractivity (Wildman–Crippen MR) is 68.0 cm³/mol. The molecule has 1 aromatic rings. The van der Waals surface area contributed by atoms with E-state index in [1.165, 1.54) is 30.9 Å². The molecule has 2 rings (SSSR count). The summed E-state index contributed by atoms with van der Waals surface area (Å²) in [4.78, 5) is 4.46. The van der Waals surface area contributed by atoms with Crippen molar-refractivity contribution in [1.82, 2.24) is 14.7 Å². The average Bonchev–Trinajstić information content (AvgIpc) is 2.76. The van der Waals surface area contributed by atoms with Gasteiger partial charge in [-0.15, -0.1) is 0 Å². The highest BCUT2D eigenvalue weighted by atomic mass is 32.1. The van der Waals surface area contributed by atoms with Crippen LogP contribution in [0.4, 0.5) is 5.13 Å². The number of nitrogens with one attached hydrogen (secondary N) is 2. The van der Waals surface area contributed by atoms with Crippen molar-refractivity contribution in [1.29, 1.82) is 0 Å². The van der Waals surface area contributed by atoms with Crippen LogP contribution in [0.3, 0.4) is 0 Å². The molecule has 0 radical (unpaired) electrons. The van der Waals surface area contributed by atoms with Gasteiger partial charge in [-0.05, 0) is 38.3 Å². The van der Waals surface area contributed by atoms with E-state index in [2.05, 4.69) is 26.9 Å². The molecule has 16 heavy (non-hydrogen) atoms. The van der Waals surface area contributed by atoms with Crippen LogP contribution >= 0.6 is 11.5 Å². The van der Waals surface area contributed by atoms with Gasteiger partial charge < -0.3 is 10.6 Å². The molecule has 1 unspecified atom stereocenters. The highest BCUT2D eigenvalue weighted by molar-refractivity contribution is 7.09. The number of rotatable bonds is 5. The van der Waals surface area contributed by atoms with Crippen molar-refractivity contribution in [2.24, 2.45) is 5.92 Å². The van der Waals surface area contributed by atoms with E-state index in [-0.39, 0.29) is 0 Å². The van der Waals surface area contributed by atoms with Crippen molar-refractivity contribution in [3.63, 3.8) is 0 Å². The molecule has 1 atom stereocenters. The molecule has 5 heteroatoms. The Balaban J connectivity index is 1.75. The van der Waals surface area contributed by atoms with E-state index in [1.54, 1.807) is 0 Å². The summed E-state index contributed by atoms with van der Waals surface area (Å²) in [5.74, 6) is 1.73. The smallest absolute Gasteiger partial charge is 0.202 e. The molecule has 0 aliphatic carbocycles. The Bertz CT molecular complexity index is 307. The van der Waals surface area contributed by atoms with Crippen LogP contribution in [0, 0.1) is 5.92 Å². The van der Waals surface area contributed by atoms with Gasteiger partial charge in [0.25, 0.3) is 0 Å². The van der Waals surface area contributed by atoms with Gasteiger partial charge in [-0.2, -0.15) is 4.37 Å². The number of aryl methyl sites for hydroxylation is 1. The number of hydrogen-bond donors (Lipinski definition) is 2. The fraction of sp³-hybridized carbons (Fsp3) is 0.818. The third kappa shape index (κ3) is 3.42. The molecule has 0 aromatic carbocycles. The van der Waals surface area contributed by atoms with Crippen molar-refractivity contribution < 1.29 is 0 Å². The first-order valence-corrected chi connectivity index (χ1v) is 6.93. The van der Waals surface area contributed by atoms with Crippen LogP contribution in [0.1, 0.15) is 32.0 Å². The van der Waals surface area contributed by atoms with Crippen molar-refractivity contribution in [2.75, 3.05) is 25.0 Å². The molecule has 1 aliphatic rings. The topological polar surface area (TPSA) is 49.8 Å². The molecule has 4 nitrogen and oxygen atoms in total. The maximum atomic E-state index is 4.46. The second-order valence-corrected chi connectivity index (χ2v) is 5.11. The first-order chi connectivity index (χ1) is 7.88. The molecule has 1 aromatic heterocycles. The van der Waals surface area contributed by atoms with Crippen molar-refractivity contribution >= 4 is 16.7 Å². The van der Waals surface area contributed by atoms with E-state index in [0.717, 1.165) is 42.8 Å². The monoisotopic (exact) mass is 240 g/mol. The standard InChI is InChI=1S/C11H20N4S/c1-2-4-10-14-11(16-15-10)13-8-9-5-3-6-12-7-9/h9,12H,2-8H2,1H3,(H,13,14,15). The lowest BCUT2D eigenvalue weighted by Gasteiger charge is -2.22. The van der Waals surface area contributed by atoms with E-state index in [0.29, 0.717) is 0 Å². The zero-order valence-corrected chi connectivity index (χ0v) is 10.6. The lowest BCUT2D eigenvalue weighted by Crippen LogP contribution is -2.33. The van der Waals surface area contributed by atoms with E-state index >= 15 is 0 Å². The Kier molecular flexibility index (Phi) is 4.54. The zero-order valence-electron chi connectivity index (χ0n) is 9.83. The van der Waals surface area contributed by atoms with Crippen LogP contribution < -0.4 is 10.6 Å². The molecule has 1 fully saturated rings. The molecule has 0 amide bonds. The molecular formula is C11H20N4S. The highest BCUT2D eigenvalue weighted by Gasteiger charge is 2.13. The number of piperidine rings is 1. The molecule has 1 aliphatic heterocycles. The van der Waals surface area contributed by atoms with Crippen LogP contribution in [-0.4, -0.2) is 29.0 Å². The third-order valence-corrected chi connectivity index (χ3v) is 3.59. The molecule has 2 N–H and O–H groups in total. The Morgan fingerprint density at radius 3 is 3.25 bits per heavy atom. The van der Waals surface area contributed by atoms with Gasteiger partial charge >= 0.3 is 0 Å². The minimum absolute atomic E-state index is 0.743. The van der Waals surface area contributed by atoms with Crippen LogP contribution in [-0.2, 0) is 6.42 Å². The largest absolute Gasteiger partial charge is 0.360 e. The highest BCUT2D eigenvalue weighted by Crippen LogP contribution is 2.15. The number of nitrogens with zero attached hydrogens (tertiary/aromatic N) is 2. The summed E-state index contributed by atoms with van der Waals surface area (Å²) in [7, 11) is 0. The van der Waals surface area contributed by atoms with Gasteiger partial charge in [-0.1, -0.05) is 6.92 Å². The minimum atomic E-state index is 0.743. The Morgan fingerprint density at radius 2 is 2.50 bits per heavy atom. The van der Waals surface area contributed by atoms with E-state index in [9.17, 15) is 0 Å². The molecule has 90 valence electrons. The molecule has 2 heterocycles. The minimum Gasteiger partial charge on any atom is -0.360 e. The summed E-state index contributed by atoms with van der Waals surface area (Å²) in [6, 6.07) is 0. The summed E-state index contributed by atoms with van der Waals surface area (Å²) in [6.07, 6.45) is 4.72. The van der Waals surface area contributed by atoms with Crippen molar-refractivity contribution in [2.45, 2.75) is 32.6 Å². The van der Waals surface area contributed by atoms with Gasteiger partial charge in [-0.25, -0.2) is 4.98 Å². The van der Waals surface area contributed by atoms with E-state index < -0.39 is 0 Å². The lowest BCUT2D eigenvalue weighted by molar-refractivity contribution is 0.393. The molecule has 0 saturated carbocycles. The molecule has 1 saturated heterocycles. The number of aromatic nitrogens is 2. The fourth-order valence-corrected chi connectivity index (χ4v) is 2.60. The third-order valence-electron chi connectivity index (χ3n) is 2.88. The summed E-state index contributed by atoms with van der Waals surface area (Å²) < 4.78 is 4.32. The lowest BCUT2D eigenvalue weighted by atomic mass is 10.00. The normalized spacial score (nSPS) is 20.9. The van der Waals surface area contributed by atoms with Gasteiger partial charge in [0.1, 0.15) is 5.82 Å². The maximum absolute atomic E-state index is 4.46. The van der Waals surface area contributed by atoms with Crippen LogP contribution in [0.15, 0.2) is 0 Å². The van der Waals surface area contributed by atoms with Gasteiger partial charge in [0.05, 0.1) is 0 Å². The summed E-state index contributed by atoms with van der Waals surface area (Å²) in [5.41, 5.74) is 0. The van der Waals surface area contributed by atoms with Gasteiger partial charge in [0.2, 0.25) is 5.13 Å². The Labute approximate surface area is 101 Å². The molecule has 0 bridgehead atoms. The van der Waals surface area contributed by atoms with Crippen LogP contribution in [0.2, 0.25) is 0 Å². The van der Waals surface area contributed by atoms with Crippen LogP contribution in [0.5, 0.6) is 0 Å². The first-order valence-electron chi connectivity index (χ1n) is 6.15. The van der Waals surface area contributed by atoms with Crippen molar-refractivity contribution in [3.8, 4) is 0 Å². The second-order valence-electron chi connectivity index (χ2n) is 4.36. The van der Waals surface area contributed by atoms with E-state index in [1.807, 2.05) is 0 Å². The zero-order chi connectivity index (χ0) is 11.2. The average molecular weight is 240 g/mol. The molecular weight excluding hydrogens is 220 g/mol. The fourth-order valence-electron chi connectivity index (χ4n) is 1.98. The number of hydrogen-bond acceptors (Lipinski definition) is 5. The predicted octanol–water partition coefficient (Wildman–Crippen LogP) is 1.90. The SMILES string of the molecule is CCCc1nsc(NCC2CCCNC2)n1. The first kappa shape index (κ1) is 11.8. The summed E-state index contributed by atoms with van der Waals surface area (Å²) >= 11 is 1.49. The van der Waals surface area contributed by atoms with Crippen LogP contribution in [0.25, 0.3) is 0 Å².